The minimum Gasteiger partial charge on any atom is -0.383 e. The van der Waals surface area contributed by atoms with E-state index in [0.717, 1.165) is 16.6 Å². The number of nitrogens with one attached hydrogen (secondary N) is 1. The Hall–Kier alpha value is -3.19. The number of rotatable bonds is 6. The molecule has 0 radical (unpaired) electrons. The van der Waals surface area contributed by atoms with Crippen molar-refractivity contribution < 1.29 is 14.3 Å². The second kappa shape index (κ2) is 7.44. The second-order valence-electron chi connectivity index (χ2n) is 6.89. The maximum atomic E-state index is 13.0. The number of para-hydroxylation sites is 2. The lowest BCUT2D eigenvalue weighted by atomic mass is 10.1. The summed E-state index contributed by atoms with van der Waals surface area (Å²) >= 11 is 0. The van der Waals surface area contributed by atoms with Gasteiger partial charge in [-0.1, -0.05) is 29.8 Å². The lowest BCUT2D eigenvalue weighted by molar-refractivity contribution is -0.124. The van der Waals surface area contributed by atoms with Crippen LogP contribution in [0.5, 0.6) is 0 Å². The van der Waals surface area contributed by atoms with Gasteiger partial charge in [-0.05, 0) is 31.2 Å². The fourth-order valence-corrected chi connectivity index (χ4v) is 3.51. The molecule has 2 aromatic carbocycles. The maximum Gasteiger partial charge on any atom is 0.253 e. The number of benzene rings is 2. The Morgan fingerprint density at radius 1 is 1.18 bits per heavy atom. The van der Waals surface area contributed by atoms with Crippen LogP contribution >= 0.6 is 0 Å². The minimum absolute atomic E-state index is 0.0452. The summed E-state index contributed by atoms with van der Waals surface area (Å²) in [6.07, 6.45) is 0.0452. The quantitative estimate of drug-likeness (QED) is 0.716. The minimum atomic E-state index is -0.621. The predicted octanol–water partition coefficient (Wildman–Crippen LogP) is 2.91. The average Bonchev–Trinajstić information content (AvgIpc) is 3.17. The van der Waals surface area contributed by atoms with E-state index in [1.807, 2.05) is 60.0 Å². The number of hydrogen-bond donors (Lipinski definition) is 1. The van der Waals surface area contributed by atoms with E-state index in [2.05, 4.69) is 10.3 Å². The highest BCUT2D eigenvalue weighted by molar-refractivity contribution is 6.05. The van der Waals surface area contributed by atoms with E-state index in [0.29, 0.717) is 24.8 Å². The number of amides is 2. The highest BCUT2D eigenvalue weighted by atomic mass is 16.5. The summed E-state index contributed by atoms with van der Waals surface area (Å²) < 4.78 is 7.00. The SMILES string of the molecule is COCCN1C(=O)[C@@H](CC(=O)Nc2ccc(C)cc2)n2c1nc1ccccc12. The predicted molar refractivity (Wildman–Crippen MR) is 107 cm³/mol. The molecule has 2 heterocycles. The molecule has 1 atom stereocenters. The highest BCUT2D eigenvalue weighted by Crippen LogP contribution is 2.36. The molecule has 28 heavy (non-hydrogen) atoms. The number of nitrogens with zero attached hydrogens (tertiary/aromatic N) is 3. The van der Waals surface area contributed by atoms with Crippen molar-refractivity contribution in [2.45, 2.75) is 19.4 Å². The molecule has 7 heteroatoms. The molecule has 1 aromatic heterocycles. The van der Waals surface area contributed by atoms with Crippen molar-refractivity contribution in [3.8, 4) is 0 Å². The molecule has 0 saturated carbocycles. The van der Waals surface area contributed by atoms with Gasteiger partial charge in [0.25, 0.3) is 5.91 Å². The van der Waals surface area contributed by atoms with Gasteiger partial charge in [0.2, 0.25) is 11.9 Å². The molecular formula is C21H22N4O3. The van der Waals surface area contributed by atoms with Crippen LogP contribution in [0.4, 0.5) is 11.6 Å². The lowest BCUT2D eigenvalue weighted by Crippen LogP contribution is -2.33. The van der Waals surface area contributed by atoms with Crippen LogP contribution in [-0.2, 0) is 14.3 Å². The fourth-order valence-electron chi connectivity index (χ4n) is 3.51. The number of methoxy groups -OCH3 is 1. The zero-order valence-electron chi connectivity index (χ0n) is 15.9. The molecule has 144 valence electrons. The molecule has 2 amide bonds. The molecule has 1 aliphatic heterocycles. The van der Waals surface area contributed by atoms with E-state index >= 15 is 0 Å². The van der Waals surface area contributed by atoms with Gasteiger partial charge in [0.05, 0.1) is 30.6 Å². The van der Waals surface area contributed by atoms with E-state index in [-0.39, 0.29) is 18.2 Å². The number of hydrogen-bond acceptors (Lipinski definition) is 4. The standard InChI is InChI=1S/C21H22N4O3/c1-14-7-9-15(10-8-14)22-19(26)13-18-20(27)24(11-12-28-2)21-23-16-5-3-4-6-17(16)25(18)21/h3-10,18H,11-13H2,1-2H3,(H,22,26)/t18-/m1/s1. The third kappa shape index (κ3) is 3.25. The monoisotopic (exact) mass is 378 g/mol. The summed E-state index contributed by atoms with van der Waals surface area (Å²) in [7, 11) is 1.59. The van der Waals surface area contributed by atoms with Crippen LogP contribution in [0.1, 0.15) is 18.0 Å². The third-order valence-electron chi connectivity index (χ3n) is 4.91. The van der Waals surface area contributed by atoms with E-state index in [1.165, 1.54) is 0 Å². The Balaban J connectivity index is 1.62. The first kappa shape index (κ1) is 18.2. The lowest BCUT2D eigenvalue weighted by Gasteiger charge is -2.15. The van der Waals surface area contributed by atoms with E-state index in [1.54, 1.807) is 12.0 Å². The Morgan fingerprint density at radius 3 is 2.68 bits per heavy atom. The smallest absolute Gasteiger partial charge is 0.253 e. The number of aromatic nitrogens is 2. The number of imidazole rings is 1. The van der Waals surface area contributed by atoms with E-state index in [9.17, 15) is 9.59 Å². The molecule has 7 nitrogen and oxygen atoms in total. The van der Waals surface area contributed by atoms with Crippen molar-refractivity contribution in [1.29, 1.82) is 0 Å². The Morgan fingerprint density at radius 2 is 1.93 bits per heavy atom. The summed E-state index contributed by atoms with van der Waals surface area (Å²) in [5, 5.41) is 2.88. The summed E-state index contributed by atoms with van der Waals surface area (Å²) in [6.45, 7) is 2.79. The largest absolute Gasteiger partial charge is 0.383 e. The number of aryl methyl sites for hydroxylation is 1. The number of fused-ring (bicyclic) bond motifs is 3. The summed E-state index contributed by atoms with van der Waals surface area (Å²) in [4.78, 5) is 31.9. The van der Waals surface area contributed by atoms with E-state index < -0.39 is 6.04 Å². The first-order valence-corrected chi connectivity index (χ1v) is 9.22. The van der Waals surface area contributed by atoms with Gasteiger partial charge < -0.3 is 10.1 Å². The molecule has 0 aliphatic carbocycles. The van der Waals surface area contributed by atoms with Gasteiger partial charge in [-0.2, -0.15) is 0 Å². The molecule has 0 fully saturated rings. The first-order chi connectivity index (χ1) is 13.6. The second-order valence-corrected chi connectivity index (χ2v) is 6.89. The highest BCUT2D eigenvalue weighted by Gasteiger charge is 2.40. The average molecular weight is 378 g/mol. The number of ether oxygens (including phenoxy) is 1. The van der Waals surface area contributed by atoms with Crippen molar-refractivity contribution in [2.24, 2.45) is 0 Å². The number of carbonyl (C=O) groups excluding carboxylic acids is 2. The van der Waals surface area contributed by atoms with Gasteiger partial charge in [0.1, 0.15) is 6.04 Å². The number of carbonyl (C=O) groups is 2. The van der Waals surface area contributed by atoms with Crippen LogP contribution in [0, 0.1) is 6.92 Å². The Kier molecular flexibility index (Phi) is 4.83. The van der Waals surface area contributed by atoms with Crippen LogP contribution < -0.4 is 10.2 Å². The fraction of sp³-hybridized carbons (Fsp3) is 0.286. The summed E-state index contributed by atoms with van der Waals surface area (Å²) in [5.74, 6) is 0.222. The molecule has 0 spiro atoms. The first-order valence-electron chi connectivity index (χ1n) is 9.22. The molecule has 0 unspecified atom stereocenters. The zero-order chi connectivity index (χ0) is 19.7. The molecule has 1 aliphatic rings. The van der Waals surface area contributed by atoms with Crippen LogP contribution in [0.2, 0.25) is 0 Å². The van der Waals surface area contributed by atoms with Gasteiger partial charge in [0.15, 0.2) is 0 Å². The third-order valence-corrected chi connectivity index (χ3v) is 4.91. The van der Waals surface area contributed by atoms with Crippen molar-refractivity contribution in [3.05, 3.63) is 54.1 Å². The van der Waals surface area contributed by atoms with Crippen LogP contribution in [-0.4, -0.2) is 41.6 Å². The van der Waals surface area contributed by atoms with Crippen LogP contribution in [0.3, 0.4) is 0 Å². The normalized spacial score (nSPS) is 15.9. The van der Waals surface area contributed by atoms with Gasteiger partial charge in [-0.3, -0.25) is 19.1 Å². The van der Waals surface area contributed by atoms with Crippen molar-refractivity contribution in [1.82, 2.24) is 9.55 Å². The molecular weight excluding hydrogens is 356 g/mol. The summed E-state index contributed by atoms with van der Waals surface area (Å²) in [5.41, 5.74) is 3.48. The molecule has 4 rings (SSSR count). The van der Waals surface area contributed by atoms with Crippen molar-refractivity contribution >= 4 is 34.5 Å². The molecule has 3 aromatic rings. The van der Waals surface area contributed by atoms with Gasteiger partial charge >= 0.3 is 0 Å². The van der Waals surface area contributed by atoms with E-state index in [4.69, 9.17) is 4.74 Å². The van der Waals surface area contributed by atoms with Gasteiger partial charge in [-0.25, -0.2) is 4.98 Å². The van der Waals surface area contributed by atoms with Crippen molar-refractivity contribution in [2.75, 3.05) is 30.5 Å². The van der Waals surface area contributed by atoms with Crippen LogP contribution in [0.25, 0.3) is 11.0 Å². The Bertz CT molecular complexity index is 1030. The summed E-state index contributed by atoms with van der Waals surface area (Å²) in [6, 6.07) is 14.6. The van der Waals surface area contributed by atoms with Gasteiger partial charge in [0, 0.05) is 12.8 Å². The molecule has 0 saturated heterocycles. The topological polar surface area (TPSA) is 76.5 Å². The van der Waals surface area contributed by atoms with Crippen molar-refractivity contribution in [3.63, 3.8) is 0 Å². The Labute approximate surface area is 162 Å². The molecule has 0 bridgehead atoms. The van der Waals surface area contributed by atoms with Gasteiger partial charge in [-0.15, -0.1) is 0 Å². The molecule has 1 N–H and O–H groups in total. The zero-order valence-corrected chi connectivity index (χ0v) is 15.9. The number of anilines is 2. The van der Waals surface area contributed by atoms with Crippen LogP contribution in [0.15, 0.2) is 48.5 Å². The maximum absolute atomic E-state index is 13.0.